The highest BCUT2D eigenvalue weighted by atomic mass is 32.1. The topological polar surface area (TPSA) is 63.9 Å². The average Bonchev–Trinajstić information content (AvgIpc) is 3.25. The Morgan fingerprint density at radius 1 is 1.15 bits per heavy atom. The second kappa shape index (κ2) is 5.83. The lowest BCUT2D eigenvalue weighted by Gasteiger charge is -2.14. The molecule has 27 heavy (non-hydrogen) atoms. The molecule has 0 radical (unpaired) electrons. The van der Waals surface area contributed by atoms with Crippen molar-refractivity contribution in [2.45, 2.75) is 6.92 Å². The van der Waals surface area contributed by atoms with Gasteiger partial charge in [-0.2, -0.15) is 0 Å². The van der Waals surface area contributed by atoms with Gasteiger partial charge in [0, 0.05) is 19.8 Å². The molecule has 0 N–H and O–H groups in total. The summed E-state index contributed by atoms with van der Waals surface area (Å²) in [6, 6.07) is 7.83. The van der Waals surface area contributed by atoms with Gasteiger partial charge in [0.2, 0.25) is 0 Å². The number of aromatic nitrogens is 4. The maximum absolute atomic E-state index is 13.2. The minimum absolute atomic E-state index is 0.0748. The number of nitrogens with zero attached hydrogens (tertiary/aromatic N) is 5. The van der Waals surface area contributed by atoms with Crippen LogP contribution in [0.2, 0.25) is 0 Å². The average molecular weight is 393 g/mol. The fourth-order valence-corrected chi connectivity index (χ4v) is 5.09. The second-order valence-electron chi connectivity index (χ2n) is 6.56. The molecule has 5 aromatic rings. The van der Waals surface area contributed by atoms with Crippen molar-refractivity contribution in [2.24, 2.45) is 0 Å². The van der Waals surface area contributed by atoms with E-state index in [-0.39, 0.29) is 5.56 Å². The zero-order valence-electron chi connectivity index (χ0n) is 14.9. The number of thiophene rings is 1. The van der Waals surface area contributed by atoms with Gasteiger partial charge in [-0.05, 0) is 31.2 Å². The van der Waals surface area contributed by atoms with Crippen molar-refractivity contribution in [3.63, 3.8) is 0 Å². The first-order valence-electron chi connectivity index (χ1n) is 8.35. The summed E-state index contributed by atoms with van der Waals surface area (Å²) in [4.78, 5) is 29.7. The molecule has 0 saturated carbocycles. The Morgan fingerprint density at radius 3 is 2.81 bits per heavy atom. The molecule has 0 aliphatic carbocycles. The number of pyridine rings is 1. The lowest BCUT2D eigenvalue weighted by molar-refractivity contribution is 0.970. The van der Waals surface area contributed by atoms with E-state index in [2.05, 4.69) is 15.0 Å². The standard InChI is InChI=1S/C19H15N5OS2/c1-10-6-13(23(2)3)15-16-17(27-18(15)22-10)19(25)24(8-20-16)11-4-5-12-14(7-11)26-9-21-12/h4-9H,1-3H3. The highest BCUT2D eigenvalue weighted by Gasteiger charge is 2.18. The molecule has 0 saturated heterocycles. The van der Waals surface area contributed by atoms with Gasteiger partial charge in [0.15, 0.2) is 0 Å². The SMILES string of the molecule is Cc1cc(N(C)C)c2c(n1)sc1c(=O)n(-c3ccc4ncsc4c3)cnc12. The van der Waals surface area contributed by atoms with E-state index in [0.29, 0.717) is 10.2 Å². The van der Waals surface area contributed by atoms with Crippen molar-refractivity contribution in [3.05, 3.63) is 52.2 Å². The highest BCUT2D eigenvalue weighted by molar-refractivity contribution is 7.25. The van der Waals surface area contributed by atoms with Gasteiger partial charge < -0.3 is 4.90 Å². The van der Waals surface area contributed by atoms with E-state index in [1.807, 2.05) is 50.2 Å². The molecule has 8 heteroatoms. The van der Waals surface area contributed by atoms with Crippen LogP contribution in [-0.2, 0) is 0 Å². The number of hydrogen-bond acceptors (Lipinski definition) is 7. The summed E-state index contributed by atoms with van der Waals surface area (Å²) in [5, 5.41) is 0.938. The first-order chi connectivity index (χ1) is 13.0. The fourth-order valence-electron chi connectivity index (χ4n) is 3.26. The maximum Gasteiger partial charge on any atom is 0.275 e. The predicted molar refractivity (Wildman–Crippen MR) is 113 cm³/mol. The van der Waals surface area contributed by atoms with E-state index in [1.165, 1.54) is 11.3 Å². The molecule has 4 heterocycles. The molecule has 0 amide bonds. The zero-order chi connectivity index (χ0) is 18.7. The first kappa shape index (κ1) is 16.3. The third kappa shape index (κ3) is 2.44. The second-order valence-corrected chi connectivity index (χ2v) is 8.45. The summed E-state index contributed by atoms with van der Waals surface area (Å²) >= 11 is 2.96. The van der Waals surface area contributed by atoms with E-state index >= 15 is 0 Å². The van der Waals surface area contributed by atoms with Crippen LogP contribution in [0.5, 0.6) is 0 Å². The Kier molecular flexibility index (Phi) is 3.53. The van der Waals surface area contributed by atoms with Crippen LogP contribution in [-0.4, -0.2) is 33.6 Å². The van der Waals surface area contributed by atoms with Gasteiger partial charge in [-0.3, -0.25) is 9.36 Å². The Labute approximate surface area is 162 Å². The number of aryl methyl sites for hydroxylation is 1. The van der Waals surface area contributed by atoms with Gasteiger partial charge in [0.05, 0.1) is 32.5 Å². The number of fused-ring (bicyclic) bond motifs is 4. The molecule has 0 unspecified atom stereocenters. The summed E-state index contributed by atoms with van der Waals surface area (Å²) in [6.45, 7) is 1.97. The molecule has 4 aromatic heterocycles. The van der Waals surface area contributed by atoms with Crippen molar-refractivity contribution >= 4 is 59.0 Å². The Balaban J connectivity index is 1.82. The van der Waals surface area contributed by atoms with Crippen LogP contribution in [0.4, 0.5) is 5.69 Å². The van der Waals surface area contributed by atoms with Crippen LogP contribution in [0, 0.1) is 6.92 Å². The van der Waals surface area contributed by atoms with Crippen molar-refractivity contribution in [1.29, 1.82) is 0 Å². The minimum Gasteiger partial charge on any atom is -0.377 e. The van der Waals surface area contributed by atoms with E-state index in [0.717, 1.165) is 37.5 Å². The van der Waals surface area contributed by atoms with Crippen molar-refractivity contribution in [1.82, 2.24) is 19.5 Å². The number of thiazole rings is 1. The predicted octanol–water partition coefficient (Wildman–Crippen LogP) is 3.98. The molecule has 6 nitrogen and oxygen atoms in total. The lowest BCUT2D eigenvalue weighted by Crippen LogP contribution is -2.17. The van der Waals surface area contributed by atoms with Gasteiger partial charge in [0.1, 0.15) is 21.4 Å². The van der Waals surface area contributed by atoms with Crippen LogP contribution < -0.4 is 10.5 Å². The normalized spacial score (nSPS) is 11.7. The summed E-state index contributed by atoms with van der Waals surface area (Å²) in [7, 11) is 3.98. The van der Waals surface area contributed by atoms with E-state index in [9.17, 15) is 4.79 Å². The van der Waals surface area contributed by atoms with Crippen molar-refractivity contribution < 1.29 is 0 Å². The minimum atomic E-state index is -0.0748. The van der Waals surface area contributed by atoms with Crippen molar-refractivity contribution in [3.8, 4) is 5.69 Å². The number of benzene rings is 1. The smallest absolute Gasteiger partial charge is 0.275 e. The molecule has 0 bridgehead atoms. The molecular formula is C19H15N5OS2. The van der Waals surface area contributed by atoms with E-state index in [4.69, 9.17) is 0 Å². The summed E-state index contributed by atoms with van der Waals surface area (Å²) in [6.07, 6.45) is 1.61. The van der Waals surface area contributed by atoms with Crippen molar-refractivity contribution in [2.75, 3.05) is 19.0 Å². The molecule has 0 aliphatic rings. The van der Waals surface area contributed by atoms with Crippen LogP contribution in [0.15, 0.2) is 40.9 Å². The molecular weight excluding hydrogens is 378 g/mol. The zero-order valence-corrected chi connectivity index (χ0v) is 16.6. The number of rotatable bonds is 2. The third-order valence-electron chi connectivity index (χ3n) is 4.53. The fraction of sp³-hybridized carbons (Fsp3) is 0.158. The van der Waals surface area contributed by atoms with Gasteiger partial charge in [-0.1, -0.05) is 0 Å². The monoisotopic (exact) mass is 393 g/mol. The van der Waals surface area contributed by atoms with Gasteiger partial charge in [-0.15, -0.1) is 22.7 Å². The molecule has 0 fully saturated rings. The van der Waals surface area contributed by atoms with Crippen LogP contribution >= 0.6 is 22.7 Å². The molecule has 0 aliphatic heterocycles. The molecule has 5 rings (SSSR count). The maximum atomic E-state index is 13.2. The first-order valence-corrected chi connectivity index (χ1v) is 10.0. The lowest BCUT2D eigenvalue weighted by atomic mass is 10.2. The van der Waals surface area contributed by atoms with E-state index < -0.39 is 0 Å². The number of anilines is 1. The van der Waals surface area contributed by atoms with Gasteiger partial charge in [-0.25, -0.2) is 15.0 Å². The Morgan fingerprint density at radius 2 is 2.00 bits per heavy atom. The highest BCUT2D eigenvalue weighted by Crippen LogP contribution is 2.36. The summed E-state index contributed by atoms with van der Waals surface area (Å²) in [5.74, 6) is 0. The largest absolute Gasteiger partial charge is 0.377 e. The van der Waals surface area contributed by atoms with Crippen LogP contribution in [0.1, 0.15) is 5.69 Å². The molecule has 0 atom stereocenters. The quantitative estimate of drug-likeness (QED) is 0.454. The molecule has 1 aromatic carbocycles. The van der Waals surface area contributed by atoms with E-state index in [1.54, 1.807) is 27.7 Å². The van der Waals surface area contributed by atoms with Crippen LogP contribution in [0.25, 0.3) is 36.3 Å². The Bertz CT molecular complexity index is 1400. The van der Waals surface area contributed by atoms with Crippen LogP contribution in [0.3, 0.4) is 0 Å². The third-order valence-corrected chi connectivity index (χ3v) is 6.39. The molecule has 134 valence electrons. The summed E-state index contributed by atoms with van der Waals surface area (Å²) < 4.78 is 3.26. The summed E-state index contributed by atoms with van der Waals surface area (Å²) in [5.41, 5.74) is 6.12. The molecule has 0 spiro atoms. The van der Waals surface area contributed by atoms with Gasteiger partial charge >= 0.3 is 0 Å². The Hall–Kier alpha value is -2.84. The van der Waals surface area contributed by atoms with Gasteiger partial charge in [0.25, 0.3) is 5.56 Å². The number of hydrogen-bond donors (Lipinski definition) is 0.